The zero-order chi connectivity index (χ0) is 19.3. The second kappa shape index (κ2) is 8.40. The lowest BCUT2D eigenvalue weighted by Crippen LogP contribution is -2.33. The fraction of sp³-hybridized carbons (Fsp3) is 0.273. The van der Waals surface area contributed by atoms with Crippen molar-refractivity contribution in [2.75, 3.05) is 6.38 Å². The Morgan fingerprint density at radius 1 is 1.04 bits per heavy atom. The molecule has 0 saturated carbocycles. The van der Waals surface area contributed by atoms with Gasteiger partial charge in [0.1, 0.15) is 11.5 Å². The summed E-state index contributed by atoms with van der Waals surface area (Å²) in [4.78, 5) is 13.1. The first-order valence-electron chi connectivity index (χ1n) is 8.88. The highest BCUT2D eigenvalue weighted by Gasteiger charge is 2.51. The van der Waals surface area contributed by atoms with E-state index in [0.29, 0.717) is 13.0 Å². The van der Waals surface area contributed by atoms with Crippen molar-refractivity contribution in [1.29, 1.82) is 0 Å². The SMILES string of the molecule is CCl.Cc1ccn(CC2CC(c3ccccc3)(c3ccccc3)C(=O)O2)n1. The molecule has 0 spiro atoms. The summed E-state index contributed by atoms with van der Waals surface area (Å²) in [5, 5.41) is 4.42. The predicted molar refractivity (Wildman–Crippen MR) is 107 cm³/mol. The number of rotatable bonds is 4. The number of aryl methyl sites for hydroxylation is 1. The second-order valence-corrected chi connectivity index (χ2v) is 6.55. The highest BCUT2D eigenvalue weighted by atomic mass is 35.5. The number of alkyl halides is 1. The van der Waals surface area contributed by atoms with E-state index in [1.807, 2.05) is 84.5 Å². The van der Waals surface area contributed by atoms with E-state index in [9.17, 15) is 4.79 Å². The number of ether oxygens (including phenoxy) is 1. The molecule has 0 radical (unpaired) electrons. The van der Waals surface area contributed by atoms with E-state index in [-0.39, 0.29) is 12.1 Å². The average Bonchev–Trinajstić information content (AvgIpc) is 3.28. The van der Waals surface area contributed by atoms with E-state index in [4.69, 9.17) is 4.74 Å². The molecule has 1 aliphatic heterocycles. The Hall–Kier alpha value is -2.59. The number of carbonyl (C=O) groups excluding carboxylic acids is 1. The molecule has 0 N–H and O–H groups in total. The van der Waals surface area contributed by atoms with Crippen LogP contribution in [-0.4, -0.2) is 28.2 Å². The van der Waals surface area contributed by atoms with Crippen LogP contribution in [0.1, 0.15) is 23.2 Å². The number of halogens is 1. The first kappa shape index (κ1) is 19.2. The van der Waals surface area contributed by atoms with Gasteiger partial charge in [0.2, 0.25) is 0 Å². The van der Waals surface area contributed by atoms with Crippen LogP contribution in [0.15, 0.2) is 72.9 Å². The fourth-order valence-electron chi connectivity index (χ4n) is 3.68. The average molecular weight is 383 g/mol. The molecule has 1 atom stereocenters. The Balaban J connectivity index is 0.00000102. The third kappa shape index (κ3) is 3.76. The molecule has 0 aliphatic carbocycles. The Kier molecular flexibility index (Phi) is 5.97. The molecule has 140 valence electrons. The molecule has 2 aromatic carbocycles. The zero-order valence-corrected chi connectivity index (χ0v) is 16.3. The highest BCUT2D eigenvalue weighted by Crippen LogP contribution is 2.43. The van der Waals surface area contributed by atoms with E-state index in [2.05, 4.69) is 16.7 Å². The number of aromatic nitrogens is 2. The summed E-state index contributed by atoms with van der Waals surface area (Å²) < 4.78 is 7.65. The van der Waals surface area contributed by atoms with E-state index < -0.39 is 5.41 Å². The van der Waals surface area contributed by atoms with Crippen LogP contribution in [0.5, 0.6) is 0 Å². The van der Waals surface area contributed by atoms with Gasteiger partial charge in [-0.3, -0.25) is 9.48 Å². The zero-order valence-electron chi connectivity index (χ0n) is 15.5. The maximum Gasteiger partial charge on any atom is 0.321 e. The Morgan fingerprint density at radius 2 is 1.59 bits per heavy atom. The first-order chi connectivity index (χ1) is 13.2. The summed E-state index contributed by atoms with van der Waals surface area (Å²) in [6.07, 6.45) is 3.81. The molecule has 4 rings (SSSR count). The van der Waals surface area contributed by atoms with Gasteiger partial charge >= 0.3 is 5.97 Å². The minimum absolute atomic E-state index is 0.182. The molecule has 1 saturated heterocycles. The highest BCUT2D eigenvalue weighted by molar-refractivity contribution is 6.15. The number of carbonyl (C=O) groups is 1. The van der Waals surface area contributed by atoms with Crippen LogP contribution in [0.2, 0.25) is 0 Å². The molecule has 4 nitrogen and oxygen atoms in total. The molecule has 1 aliphatic rings. The minimum atomic E-state index is -0.755. The summed E-state index contributed by atoms with van der Waals surface area (Å²) in [7, 11) is 0. The quantitative estimate of drug-likeness (QED) is 0.497. The van der Waals surface area contributed by atoms with Crippen molar-refractivity contribution in [3.8, 4) is 0 Å². The van der Waals surface area contributed by atoms with Gasteiger partial charge in [0.15, 0.2) is 0 Å². The van der Waals surface area contributed by atoms with E-state index in [1.165, 1.54) is 6.38 Å². The Labute approximate surface area is 164 Å². The molecule has 1 fully saturated rings. The lowest BCUT2D eigenvalue weighted by atomic mass is 9.72. The standard InChI is InChI=1S/C21H20N2O2.CH3Cl/c1-16-12-13-23(22-16)15-19-14-21(20(24)25-19,17-8-4-2-5-9-17)18-10-6-3-7-11-18;1-2/h2-13,19H,14-15H2,1H3;1H3. The van der Waals surface area contributed by atoms with Crippen LogP contribution in [0, 0.1) is 6.92 Å². The number of cyclic esters (lactones) is 1. The molecule has 27 heavy (non-hydrogen) atoms. The van der Waals surface area contributed by atoms with Gasteiger partial charge in [-0.25, -0.2) is 0 Å². The van der Waals surface area contributed by atoms with Crippen molar-refractivity contribution in [2.24, 2.45) is 0 Å². The number of hydrogen-bond acceptors (Lipinski definition) is 3. The molecule has 1 aromatic heterocycles. The van der Waals surface area contributed by atoms with E-state index in [0.717, 1.165) is 16.8 Å². The third-order valence-electron chi connectivity index (χ3n) is 4.85. The van der Waals surface area contributed by atoms with Gasteiger partial charge < -0.3 is 4.74 Å². The van der Waals surface area contributed by atoms with Gasteiger partial charge in [-0.2, -0.15) is 5.10 Å². The smallest absolute Gasteiger partial charge is 0.321 e. The molecule has 5 heteroatoms. The van der Waals surface area contributed by atoms with Crippen molar-refractivity contribution >= 4 is 17.6 Å². The fourth-order valence-corrected chi connectivity index (χ4v) is 3.68. The molecular weight excluding hydrogens is 360 g/mol. The maximum absolute atomic E-state index is 13.1. The van der Waals surface area contributed by atoms with Gasteiger partial charge in [0.25, 0.3) is 0 Å². The van der Waals surface area contributed by atoms with Gasteiger partial charge in [-0.05, 0) is 24.1 Å². The van der Waals surface area contributed by atoms with Gasteiger partial charge in [0.05, 0.1) is 12.2 Å². The van der Waals surface area contributed by atoms with E-state index >= 15 is 0 Å². The summed E-state index contributed by atoms with van der Waals surface area (Å²) in [6.45, 7) is 2.52. The van der Waals surface area contributed by atoms with Crippen LogP contribution in [0.4, 0.5) is 0 Å². The second-order valence-electron chi connectivity index (χ2n) is 6.55. The Bertz CT molecular complexity index is 838. The minimum Gasteiger partial charge on any atom is -0.459 e. The number of benzene rings is 2. The van der Waals surface area contributed by atoms with Crippen molar-refractivity contribution < 1.29 is 9.53 Å². The van der Waals surface area contributed by atoms with Crippen molar-refractivity contribution in [3.05, 3.63) is 89.7 Å². The summed E-state index contributed by atoms with van der Waals surface area (Å²) >= 11 is 4.64. The van der Waals surface area contributed by atoms with Crippen molar-refractivity contribution in [1.82, 2.24) is 9.78 Å². The van der Waals surface area contributed by atoms with Crippen LogP contribution >= 0.6 is 11.6 Å². The topological polar surface area (TPSA) is 44.1 Å². The van der Waals surface area contributed by atoms with Crippen LogP contribution in [0.3, 0.4) is 0 Å². The molecule has 0 bridgehead atoms. The predicted octanol–water partition coefficient (Wildman–Crippen LogP) is 4.35. The van der Waals surface area contributed by atoms with Gasteiger partial charge in [0, 0.05) is 19.0 Å². The molecule has 1 unspecified atom stereocenters. The van der Waals surface area contributed by atoms with Crippen molar-refractivity contribution in [3.63, 3.8) is 0 Å². The number of hydrogen-bond donors (Lipinski definition) is 0. The first-order valence-corrected chi connectivity index (χ1v) is 9.64. The number of esters is 1. The normalized spacial score (nSPS) is 17.7. The van der Waals surface area contributed by atoms with E-state index in [1.54, 1.807) is 0 Å². The lowest BCUT2D eigenvalue weighted by Gasteiger charge is -2.26. The molecule has 2 heterocycles. The molecule has 0 amide bonds. The molecular formula is C22H23ClN2O2. The number of nitrogens with zero attached hydrogens (tertiary/aromatic N) is 2. The monoisotopic (exact) mass is 382 g/mol. The third-order valence-corrected chi connectivity index (χ3v) is 4.85. The molecule has 3 aromatic rings. The Morgan fingerprint density at radius 3 is 2.07 bits per heavy atom. The lowest BCUT2D eigenvalue weighted by molar-refractivity contribution is -0.145. The largest absolute Gasteiger partial charge is 0.459 e. The van der Waals surface area contributed by atoms with Crippen LogP contribution in [-0.2, 0) is 21.5 Å². The van der Waals surface area contributed by atoms with Crippen molar-refractivity contribution in [2.45, 2.75) is 31.4 Å². The van der Waals surface area contributed by atoms with Gasteiger partial charge in [-0.15, -0.1) is 11.6 Å². The summed E-state index contributed by atoms with van der Waals surface area (Å²) in [5.41, 5.74) is 2.16. The van der Waals surface area contributed by atoms with Gasteiger partial charge in [-0.1, -0.05) is 60.7 Å². The summed E-state index contributed by atoms with van der Waals surface area (Å²) in [5.74, 6) is -0.182. The van der Waals surface area contributed by atoms with Crippen LogP contribution < -0.4 is 0 Å². The maximum atomic E-state index is 13.1. The van der Waals surface area contributed by atoms with Crippen LogP contribution in [0.25, 0.3) is 0 Å². The summed E-state index contributed by atoms with van der Waals surface area (Å²) in [6, 6.07) is 21.8.